The number of benzene rings is 2. The topological polar surface area (TPSA) is 117 Å². The van der Waals surface area contributed by atoms with Crippen LogP contribution in [0.1, 0.15) is 36.8 Å². The zero-order valence-corrected chi connectivity index (χ0v) is 19.5. The van der Waals surface area contributed by atoms with Crippen LogP contribution in [-0.2, 0) is 11.3 Å². The van der Waals surface area contributed by atoms with Crippen molar-refractivity contribution in [2.75, 3.05) is 30.9 Å². The van der Waals surface area contributed by atoms with Crippen LogP contribution in [0.2, 0.25) is 0 Å². The number of hydrogen-bond donors (Lipinski definition) is 3. The van der Waals surface area contributed by atoms with E-state index in [1.54, 1.807) is 12.1 Å². The van der Waals surface area contributed by atoms with Crippen molar-refractivity contribution in [3.8, 4) is 5.75 Å². The lowest BCUT2D eigenvalue weighted by atomic mass is 9.90. The van der Waals surface area contributed by atoms with Gasteiger partial charge in [-0.15, -0.1) is 0 Å². The fourth-order valence-electron chi connectivity index (χ4n) is 5.12. The van der Waals surface area contributed by atoms with Crippen molar-refractivity contribution in [3.63, 3.8) is 0 Å². The summed E-state index contributed by atoms with van der Waals surface area (Å²) in [4.78, 5) is 26.1. The number of nitro benzene ring substituents is 1. The molecule has 3 N–H and O–H groups in total. The number of amides is 1. The molecule has 3 aliphatic rings. The standard InChI is InChI=1S/C26H28N4O5/c1-35-25-13-18(6-9-24(25)30(33)34)17-5-7-20-22(12-17)27-21-8-4-16(11-23(21)28-26(20)32)14-29-10-2-3-19(29)15-31/h4,6,8-9,11-13,19,27,31H,2-3,5,7,10,14-15H2,1H3,(H,28,32)/t19-/m1/s1. The summed E-state index contributed by atoms with van der Waals surface area (Å²) < 4.78 is 5.22. The zero-order valence-electron chi connectivity index (χ0n) is 19.5. The molecular formula is C26H28N4O5. The average Bonchev–Trinajstić information content (AvgIpc) is 3.26. The molecule has 1 fully saturated rings. The minimum absolute atomic E-state index is 0.0801. The molecule has 0 saturated carbocycles. The summed E-state index contributed by atoms with van der Waals surface area (Å²) in [5.41, 5.74) is 5.75. The Morgan fingerprint density at radius 3 is 2.80 bits per heavy atom. The normalized spacial score (nSPS) is 19.8. The molecule has 0 aromatic heterocycles. The van der Waals surface area contributed by atoms with E-state index in [1.807, 2.05) is 24.3 Å². The molecule has 2 aromatic carbocycles. The van der Waals surface area contributed by atoms with Gasteiger partial charge in [-0.05, 0) is 79.3 Å². The average molecular weight is 477 g/mol. The third kappa shape index (κ3) is 4.52. The van der Waals surface area contributed by atoms with Crippen LogP contribution in [0.5, 0.6) is 5.75 Å². The number of allylic oxidation sites excluding steroid dienone is 2. The van der Waals surface area contributed by atoms with E-state index in [0.717, 1.165) is 59.7 Å². The van der Waals surface area contributed by atoms with Crippen molar-refractivity contribution in [1.82, 2.24) is 4.90 Å². The first kappa shape index (κ1) is 23.1. The Labute approximate surface area is 203 Å². The number of methoxy groups -OCH3 is 1. The summed E-state index contributed by atoms with van der Waals surface area (Å²) in [6.07, 6.45) is 5.21. The zero-order chi connectivity index (χ0) is 24.5. The van der Waals surface area contributed by atoms with E-state index in [9.17, 15) is 20.0 Å². The maximum absolute atomic E-state index is 13.1. The quantitative estimate of drug-likeness (QED) is 0.425. The van der Waals surface area contributed by atoms with Gasteiger partial charge in [0.25, 0.3) is 5.91 Å². The van der Waals surface area contributed by atoms with E-state index >= 15 is 0 Å². The Morgan fingerprint density at radius 2 is 2.03 bits per heavy atom. The maximum Gasteiger partial charge on any atom is 0.310 e. The number of nitrogens with zero attached hydrogens (tertiary/aromatic N) is 2. The molecule has 0 spiro atoms. The predicted molar refractivity (Wildman–Crippen MR) is 133 cm³/mol. The summed E-state index contributed by atoms with van der Waals surface area (Å²) in [5.74, 6) is 0.0773. The van der Waals surface area contributed by atoms with Gasteiger partial charge < -0.3 is 20.5 Å². The Kier molecular flexibility index (Phi) is 6.27. The molecule has 1 saturated heterocycles. The third-order valence-electron chi connectivity index (χ3n) is 7.01. The second kappa shape index (κ2) is 9.52. The number of aliphatic hydroxyl groups is 1. The van der Waals surface area contributed by atoms with Gasteiger partial charge in [0.1, 0.15) is 0 Å². The van der Waals surface area contributed by atoms with E-state index in [4.69, 9.17) is 4.74 Å². The lowest BCUT2D eigenvalue weighted by molar-refractivity contribution is -0.385. The lowest BCUT2D eigenvalue weighted by Crippen LogP contribution is -2.31. The van der Waals surface area contributed by atoms with Crippen LogP contribution in [0.25, 0.3) is 5.57 Å². The van der Waals surface area contributed by atoms with Gasteiger partial charge in [0.2, 0.25) is 0 Å². The molecule has 1 aliphatic carbocycles. The van der Waals surface area contributed by atoms with Gasteiger partial charge in [-0.25, -0.2) is 0 Å². The molecule has 0 unspecified atom stereocenters. The highest BCUT2D eigenvalue weighted by atomic mass is 16.6. The lowest BCUT2D eigenvalue weighted by Gasteiger charge is -2.23. The Morgan fingerprint density at radius 1 is 1.17 bits per heavy atom. The van der Waals surface area contributed by atoms with Gasteiger partial charge in [0.05, 0.1) is 30.0 Å². The molecule has 0 bridgehead atoms. The number of carbonyl (C=O) groups is 1. The minimum atomic E-state index is -0.464. The number of hydrogen-bond acceptors (Lipinski definition) is 7. The number of fused-ring (bicyclic) bond motifs is 1. The molecule has 2 heterocycles. The monoisotopic (exact) mass is 476 g/mol. The number of aliphatic hydroxyl groups excluding tert-OH is 1. The predicted octanol–water partition coefficient (Wildman–Crippen LogP) is 4.06. The molecule has 0 radical (unpaired) electrons. The summed E-state index contributed by atoms with van der Waals surface area (Å²) in [5, 5.41) is 27.3. The Hall–Kier alpha value is -3.69. The van der Waals surface area contributed by atoms with E-state index in [1.165, 1.54) is 13.2 Å². The number of rotatable bonds is 6. The first-order valence-electron chi connectivity index (χ1n) is 11.8. The van der Waals surface area contributed by atoms with E-state index in [-0.39, 0.29) is 30.0 Å². The summed E-state index contributed by atoms with van der Waals surface area (Å²) in [7, 11) is 1.41. The fourth-order valence-corrected chi connectivity index (χ4v) is 5.12. The number of nitro groups is 1. The fraction of sp³-hybridized carbons (Fsp3) is 0.346. The SMILES string of the molecule is COc1cc(C2=CC3=C(CC2)C(=O)Nc2cc(CN4CCC[C@@H]4CO)ccc2N3)ccc1[N+](=O)[O-]. The molecule has 1 atom stereocenters. The van der Waals surface area contributed by atoms with Gasteiger partial charge in [-0.2, -0.15) is 0 Å². The van der Waals surface area contributed by atoms with Crippen LogP contribution >= 0.6 is 0 Å². The molecule has 1 amide bonds. The van der Waals surface area contributed by atoms with E-state index in [0.29, 0.717) is 18.4 Å². The summed E-state index contributed by atoms with van der Waals surface area (Å²) in [6, 6.07) is 11.0. The van der Waals surface area contributed by atoms with E-state index < -0.39 is 4.92 Å². The molecule has 35 heavy (non-hydrogen) atoms. The summed E-state index contributed by atoms with van der Waals surface area (Å²) in [6.45, 7) is 1.85. The van der Waals surface area contributed by atoms with Crippen LogP contribution in [-0.4, -0.2) is 47.1 Å². The number of likely N-dealkylation sites (tertiary alicyclic amines) is 1. The highest BCUT2D eigenvalue weighted by molar-refractivity contribution is 6.09. The molecule has 9 heteroatoms. The van der Waals surface area contributed by atoms with Crippen molar-refractivity contribution < 1.29 is 19.6 Å². The number of nitrogens with one attached hydrogen (secondary N) is 2. The number of carbonyl (C=O) groups excluding carboxylic acids is 1. The number of anilines is 2. The van der Waals surface area contributed by atoms with Crippen LogP contribution in [0.3, 0.4) is 0 Å². The maximum atomic E-state index is 13.1. The minimum Gasteiger partial charge on any atom is -0.490 e. The Bertz CT molecular complexity index is 1250. The van der Waals surface area contributed by atoms with Crippen LogP contribution in [0.4, 0.5) is 17.1 Å². The van der Waals surface area contributed by atoms with Crippen molar-refractivity contribution in [3.05, 3.63) is 75.0 Å². The highest BCUT2D eigenvalue weighted by Gasteiger charge is 2.27. The van der Waals surface area contributed by atoms with Gasteiger partial charge >= 0.3 is 5.69 Å². The first-order valence-corrected chi connectivity index (χ1v) is 11.8. The van der Waals surface area contributed by atoms with Crippen molar-refractivity contribution in [2.24, 2.45) is 0 Å². The van der Waals surface area contributed by atoms with Gasteiger partial charge in [-0.1, -0.05) is 6.07 Å². The largest absolute Gasteiger partial charge is 0.490 e. The highest BCUT2D eigenvalue weighted by Crippen LogP contribution is 2.38. The molecule has 2 aromatic rings. The van der Waals surface area contributed by atoms with E-state index in [2.05, 4.69) is 15.5 Å². The molecular weight excluding hydrogens is 448 g/mol. The van der Waals surface area contributed by atoms with Crippen molar-refractivity contribution in [1.29, 1.82) is 0 Å². The van der Waals surface area contributed by atoms with Crippen LogP contribution in [0, 0.1) is 10.1 Å². The summed E-state index contributed by atoms with van der Waals surface area (Å²) >= 11 is 0. The second-order valence-electron chi connectivity index (χ2n) is 9.11. The van der Waals surface area contributed by atoms with Gasteiger partial charge in [0.15, 0.2) is 5.75 Å². The smallest absolute Gasteiger partial charge is 0.310 e. The van der Waals surface area contributed by atoms with Crippen LogP contribution in [0.15, 0.2) is 53.7 Å². The second-order valence-corrected chi connectivity index (χ2v) is 9.11. The van der Waals surface area contributed by atoms with Crippen molar-refractivity contribution in [2.45, 2.75) is 38.3 Å². The Balaban J connectivity index is 1.41. The third-order valence-corrected chi connectivity index (χ3v) is 7.01. The number of ether oxygens (including phenoxy) is 1. The molecule has 182 valence electrons. The first-order chi connectivity index (χ1) is 17.0. The van der Waals surface area contributed by atoms with Crippen LogP contribution < -0.4 is 15.4 Å². The molecule has 2 aliphatic heterocycles. The molecule has 9 nitrogen and oxygen atoms in total. The molecule has 5 rings (SSSR count). The van der Waals surface area contributed by atoms with Gasteiger partial charge in [-0.3, -0.25) is 19.8 Å². The van der Waals surface area contributed by atoms with Crippen molar-refractivity contribution >= 4 is 28.5 Å². The van der Waals surface area contributed by atoms with Gasteiger partial charge in [0, 0.05) is 29.9 Å².